The Labute approximate surface area is 154 Å². The molecule has 2 aromatic rings. The fourth-order valence-corrected chi connectivity index (χ4v) is 3.95. The normalized spacial score (nSPS) is 15.9. The number of hydrogen-bond donors (Lipinski definition) is 0. The van der Waals surface area contributed by atoms with E-state index in [0.29, 0.717) is 14.8 Å². The van der Waals surface area contributed by atoms with Gasteiger partial charge >= 0.3 is 0 Å². The number of thiocarbonyl (C=S) groups is 1. The Balaban J connectivity index is 1.96. The number of hydrogen-bond acceptors (Lipinski definition) is 5. The summed E-state index contributed by atoms with van der Waals surface area (Å²) in [6.45, 7) is 3.93. The molecule has 1 amide bonds. The standard InChI is InChI=1S/C18H14N2O3S2/c1-11-6-12(2)8-15(7-11)19-17(21)16(25-18(19)24)10-13-4-3-5-14(9-13)20(22)23/h3-10H,1-2H3. The molecule has 1 heterocycles. The van der Waals surface area contributed by atoms with E-state index >= 15 is 0 Å². The average Bonchev–Trinajstić information content (AvgIpc) is 2.80. The van der Waals surface area contributed by atoms with Crippen LogP contribution in [0.1, 0.15) is 16.7 Å². The number of nitrogens with zero attached hydrogens (tertiary/aromatic N) is 2. The summed E-state index contributed by atoms with van der Waals surface area (Å²) in [4.78, 5) is 25.2. The van der Waals surface area contributed by atoms with Crippen LogP contribution in [0.3, 0.4) is 0 Å². The highest BCUT2D eigenvalue weighted by Gasteiger charge is 2.33. The molecule has 126 valence electrons. The van der Waals surface area contributed by atoms with Crippen molar-refractivity contribution in [3.8, 4) is 0 Å². The third-order valence-electron chi connectivity index (χ3n) is 3.64. The van der Waals surface area contributed by atoms with Gasteiger partial charge in [0.1, 0.15) is 0 Å². The quantitative estimate of drug-likeness (QED) is 0.341. The van der Waals surface area contributed by atoms with Crippen LogP contribution in [0.15, 0.2) is 47.4 Å². The lowest BCUT2D eigenvalue weighted by molar-refractivity contribution is -0.384. The first-order valence-electron chi connectivity index (χ1n) is 7.46. The van der Waals surface area contributed by atoms with Crippen molar-refractivity contribution in [2.75, 3.05) is 4.90 Å². The zero-order valence-corrected chi connectivity index (χ0v) is 15.2. The van der Waals surface area contributed by atoms with E-state index in [0.717, 1.165) is 16.8 Å². The second kappa shape index (κ2) is 6.78. The maximum absolute atomic E-state index is 12.8. The van der Waals surface area contributed by atoms with Crippen LogP contribution in [0.5, 0.6) is 0 Å². The minimum absolute atomic E-state index is 0.0152. The largest absolute Gasteiger partial charge is 0.270 e. The summed E-state index contributed by atoms with van der Waals surface area (Å²) < 4.78 is 0.451. The molecule has 1 aliphatic heterocycles. The van der Waals surface area contributed by atoms with Gasteiger partial charge < -0.3 is 0 Å². The average molecular weight is 370 g/mol. The first kappa shape index (κ1) is 17.3. The Morgan fingerprint density at radius 1 is 1.16 bits per heavy atom. The molecule has 0 bridgehead atoms. The number of carbonyl (C=O) groups is 1. The van der Waals surface area contributed by atoms with Crippen LogP contribution in [-0.4, -0.2) is 15.2 Å². The Bertz CT molecular complexity index is 917. The Morgan fingerprint density at radius 3 is 2.48 bits per heavy atom. The van der Waals surface area contributed by atoms with Crippen molar-refractivity contribution in [1.29, 1.82) is 0 Å². The van der Waals surface area contributed by atoms with E-state index in [-0.39, 0.29) is 11.6 Å². The van der Waals surface area contributed by atoms with Crippen molar-refractivity contribution in [2.45, 2.75) is 13.8 Å². The number of nitro groups is 1. The van der Waals surface area contributed by atoms with E-state index in [9.17, 15) is 14.9 Å². The van der Waals surface area contributed by atoms with Crippen molar-refractivity contribution >= 4 is 51.7 Å². The van der Waals surface area contributed by atoms with E-state index in [2.05, 4.69) is 0 Å². The van der Waals surface area contributed by atoms with Crippen molar-refractivity contribution in [3.05, 3.63) is 74.2 Å². The minimum Gasteiger partial charge on any atom is -0.268 e. The number of non-ortho nitro benzene ring substituents is 1. The van der Waals surface area contributed by atoms with E-state index in [4.69, 9.17) is 12.2 Å². The number of carbonyl (C=O) groups excluding carboxylic acids is 1. The summed E-state index contributed by atoms with van der Waals surface area (Å²) >= 11 is 6.56. The zero-order chi connectivity index (χ0) is 18.1. The van der Waals surface area contributed by atoms with Gasteiger partial charge in [0.05, 0.1) is 15.5 Å². The van der Waals surface area contributed by atoms with Crippen LogP contribution in [-0.2, 0) is 4.79 Å². The molecule has 0 saturated carbocycles. The highest BCUT2D eigenvalue weighted by molar-refractivity contribution is 8.27. The minimum atomic E-state index is -0.460. The van der Waals surface area contributed by atoms with Crippen LogP contribution in [0.2, 0.25) is 0 Å². The van der Waals surface area contributed by atoms with Gasteiger partial charge in [-0.2, -0.15) is 0 Å². The molecule has 0 N–H and O–H groups in total. The molecule has 0 unspecified atom stereocenters. The zero-order valence-electron chi connectivity index (χ0n) is 13.6. The molecule has 25 heavy (non-hydrogen) atoms. The van der Waals surface area contributed by atoms with Gasteiger partial charge in [-0.1, -0.05) is 42.2 Å². The van der Waals surface area contributed by atoms with Crippen LogP contribution in [0, 0.1) is 24.0 Å². The van der Waals surface area contributed by atoms with Gasteiger partial charge in [0.25, 0.3) is 11.6 Å². The van der Waals surface area contributed by atoms with Gasteiger partial charge in [-0.05, 0) is 48.7 Å². The lowest BCUT2D eigenvalue weighted by atomic mass is 10.1. The van der Waals surface area contributed by atoms with Crippen LogP contribution in [0.25, 0.3) is 6.08 Å². The molecule has 1 saturated heterocycles. The van der Waals surface area contributed by atoms with E-state index in [1.54, 1.807) is 18.2 Å². The van der Waals surface area contributed by atoms with Crippen molar-refractivity contribution in [2.24, 2.45) is 0 Å². The third-order valence-corrected chi connectivity index (χ3v) is 4.94. The fourth-order valence-electron chi connectivity index (χ4n) is 2.65. The molecular formula is C18H14N2O3S2. The molecule has 7 heteroatoms. The summed E-state index contributed by atoms with van der Waals surface area (Å²) in [7, 11) is 0. The lowest BCUT2D eigenvalue weighted by Gasteiger charge is -2.16. The summed E-state index contributed by atoms with van der Waals surface area (Å²) in [6, 6.07) is 12.0. The number of benzene rings is 2. The molecule has 0 atom stereocenters. The Hall–Kier alpha value is -2.51. The molecule has 0 radical (unpaired) electrons. The SMILES string of the molecule is Cc1cc(C)cc(N2C(=O)C(=Cc3cccc([N+](=O)[O-])c3)SC2=S)c1. The van der Waals surface area contributed by atoms with Gasteiger partial charge in [-0.3, -0.25) is 19.8 Å². The Kier molecular flexibility index (Phi) is 4.69. The molecule has 3 rings (SSSR count). The first-order valence-corrected chi connectivity index (χ1v) is 8.68. The smallest absolute Gasteiger partial charge is 0.268 e. The van der Waals surface area contributed by atoms with E-state index in [1.165, 1.54) is 28.8 Å². The van der Waals surface area contributed by atoms with Crippen molar-refractivity contribution in [1.82, 2.24) is 0 Å². The van der Waals surface area contributed by atoms with Crippen LogP contribution < -0.4 is 4.90 Å². The maximum Gasteiger partial charge on any atom is 0.270 e. The second-order valence-corrected chi connectivity index (χ2v) is 7.39. The topological polar surface area (TPSA) is 63.5 Å². The molecule has 0 aliphatic carbocycles. The molecule has 5 nitrogen and oxygen atoms in total. The number of rotatable bonds is 3. The number of aryl methyl sites for hydroxylation is 2. The summed E-state index contributed by atoms with van der Waals surface area (Å²) in [5, 5.41) is 10.9. The predicted octanol–water partition coefficient (Wildman–Crippen LogP) is 4.62. The Morgan fingerprint density at radius 2 is 1.84 bits per heavy atom. The second-order valence-electron chi connectivity index (χ2n) is 5.72. The molecule has 0 spiro atoms. The highest BCUT2D eigenvalue weighted by Crippen LogP contribution is 2.36. The number of anilines is 1. The first-order chi connectivity index (χ1) is 11.8. The fraction of sp³-hybridized carbons (Fsp3) is 0.111. The number of amides is 1. The molecule has 2 aromatic carbocycles. The molecular weight excluding hydrogens is 356 g/mol. The van der Waals surface area contributed by atoms with Gasteiger partial charge in [0.15, 0.2) is 4.32 Å². The third kappa shape index (κ3) is 3.62. The van der Waals surface area contributed by atoms with E-state index < -0.39 is 4.92 Å². The van der Waals surface area contributed by atoms with Gasteiger partial charge in [0.2, 0.25) is 0 Å². The van der Waals surface area contributed by atoms with Crippen molar-refractivity contribution < 1.29 is 9.72 Å². The van der Waals surface area contributed by atoms with Crippen molar-refractivity contribution in [3.63, 3.8) is 0 Å². The van der Waals surface area contributed by atoms with Gasteiger partial charge in [-0.15, -0.1) is 0 Å². The molecule has 1 aliphatic rings. The molecule has 1 fully saturated rings. The number of thioether (sulfide) groups is 1. The summed E-state index contributed by atoms with van der Waals surface area (Å²) in [5.74, 6) is -0.216. The van der Waals surface area contributed by atoms with Gasteiger partial charge in [-0.25, -0.2) is 0 Å². The lowest BCUT2D eigenvalue weighted by Crippen LogP contribution is -2.27. The number of nitro benzene ring substituents is 1. The van der Waals surface area contributed by atoms with Crippen LogP contribution in [0.4, 0.5) is 11.4 Å². The van der Waals surface area contributed by atoms with Gasteiger partial charge in [0, 0.05) is 12.1 Å². The highest BCUT2D eigenvalue weighted by atomic mass is 32.2. The molecule has 0 aromatic heterocycles. The monoisotopic (exact) mass is 370 g/mol. The summed E-state index contributed by atoms with van der Waals surface area (Å²) in [5.41, 5.74) is 3.41. The maximum atomic E-state index is 12.8. The van der Waals surface area contributed by atoms with E-state index in [1.807, 2.05) is 32.0 Å². The van der Waals surface area contributed by atoms with Crippen LogP contribution >= 0.6 is 24.0 Å². The predicted molar refractivity (Wildman–Crippen MR) is 105 cm³/mol. The summed E-state index contributed by atoms with van der Waals surface area (Å²) in [6.07, 6.45) is 1.63.